The molecule has 6 nitrogen and oxygen atoms in total. The molecule has 1 aliphatic heterocycles. The van der Waals surface area contributed by atoms with Crippen molar-refractivity contribution in [3.05, 3.63) is 18.2 Å². The Hall–Kier alpha value is -1.86. The van der Waals surface area contributed by atoms with Crippen LogP contribution in [-0.2, 0) is 0 Å². The molecule has 2 N–H and O–H groups in total. The van der Waals surface area contributed by atoms with Gasteiger partial charge in [-0.3, -0.25) is 5.32 Å². The lowest BCUT2D eigenvalue weighted by molar-refractivity contribution is 0.0972. The van der Waals surface area contributed by atoms with E-state index in [-0.39, 0.29) is 12.1 Å². The number of urea groups is 1. The number of hydrogen-bond acceptors (Lipinski definition) is 5. The Morgan fingerprint density at radius 3 is 2.95 bits per heavy atom. The molecule has 0 atom stereocenters. The average molecular weight is 307 g/mol. The molecule has 1 aromatic heterocycles. The van der Waals surface area contributed by atoms with Gasteiger partial charge < -0.3 is 14.7 Å². The van der Waals surface area contributed by atoms with E-state index in [1.54, 1.807) is 12.0 Å². The number of thiazole rings is 1. The van der Waals surface area contributed by atoms with Gasteiger partial charge in [-0.25, -0.2) is 9.78 Å². The molecule has 0 aliphatic carbocycles. The monoisotopic (exact) mass is 307 g/mol. The van der Waals surface area contributed by atoms with Gasteiger partial charge in [0.25, 0.3) is 0 Å². The van der Waals surface area contributed by atoms with Crippen LogP contribution in [0.1, 0.15) is 12.8 Å². The molecule has 1 saturated heterocycles. The number of nitrogens with zero attached hydrogens (tertiary/aromatic N) is 2. The number of nitrogens with one attached hydrogen (secondary N) is 1. The predicted octanol–water partition coefficient (Wildman–Crippen LogP) is 2.29. The standard InChI is InChI=1S/C14H17N3O3S/c1-20-10-3-2-4-11-12(10)15-13(21-11)16-14(19)17-7-5-9(18)6-8-17/h2-4,9,18H,5-8H2,1H3,(H,15,16,19). The molecule has 1 aliphatic rings. The SMILES string of the molecule is COc1cccc2sc(NC(=O)N3CCC(O)CC3)nc12. The topological polar surface area (TPSA) is 74.7 Å². The van der Waals surface area contributed by atoms with Crippen molar-refractivity contribution in [3.63, 3.8) is 0 Å². The lowest BCUT2D eigenvalue weighted by Gasteiger charge is -2.29. The van der Waals surface area contributed by atoms with Crippen LogP contribution in [0.4, 0.5) is 9.93 Å². The summed E-state index contributed by atoms with van der Waals surface area (Å²) in [6.45, 7) is 1.14. The van der Waals surface area contributed by atoms with Crippen LogP contribution < -0.4 is 10.1 Å². The number of ether oxygens (including phenoxy) is 1. The highest BCUT2D eigenvalue weighted by atomic mass is 32.1. The third-order valence-corrected chi connectivity index (χ3v) is 4.50. The average Bonchev–Trinajstić information content (AvgIpc) is 2.90. The number of methoxy groups -OCH3 is 1. The minimum atomic E-state index is -0.291. The number of piperidine rings is 1. The Bertz CT molecular complexity index is 650. The molecule has 0 radical (unpaired) electrons. The third kappa shape index (κ3) is 2.93. The van der Waals surface area contributed by atoms with Gasteiger partial charge in [-0.2, -0.15) is 0 Å². The van der Waals surface area contributed by atoms with Crippen LogP contribution in [0.3, 0.4) is 0 Å². The number of aromatic nitrogens is 1. The summed E-state index contributed by atoms with van der Waals surface area (Å²) < 4.78 is 6.24. The summed E-state index contributed by atoms with van der Waals surface area (Å²) in [5, 5.41) is 12.9. The number of para-hydroxylation sites is 1. The molecule has 21 heavy (non-hydrogen) atoms. The van der Waals surface area contributed by atoms with Gasteiger partial charge in [0, 0.05) is 13.1 Å². The summed E-state index contributed by atoms with van der Waals surface area (Å²) in [4.78, 5) is 18.3. The summed E-state index contributed by atoms with van der Waals surface area (Å²) in [6.07, 6.45) is 0.961. The first kappa shape index (κ1) is 14.1. The number of carbonyl (C=O) groups excluding carboxylic acids is 1. The van der Waals surface area contributed by atoms with E-state index in [9.17, 15) is 9.90 Å². The lowest BCUT2D eigenvalue weighted by Crippen LogP contribution is -2.42. The van der Waals surface area contributed by atoms with Crippen LogP contribution in [0.15, 0.2) is 18.2 Å². The molecule has 1 fully saturated rings. The van der Waals surface area contributed by atoms with E-state index >= 15 is 0 Å². The molecule has 3 rings (SSSR count). The molecule has 0 bridgehead atoms. The number of carbonyl (C=O) groups is 1. The molecule has 0 unspecified atom stereocenters. The fraction of sp³-hybridized carbons (Fsp3) is 0.429. The van der Waals surface area contributed by atoms with Crippen LogP contribution >= 0.6 is 11.3 Å². The Kier molecular flexibility index (Phi) is 3.94. The number of amides is 2. The number of aliphatic hydroxyl groups is 1. The summed E-state index contributed by atoms with van der Waals surface area (Å²) in [5.41, 5.74) is 0.759. The Labute approximate surface area is 126 Å². The van der Waals surface area contributed by atoms with E-state index in [1.807, 2.05) is 18.2 Å². The van der Waals surface area contributed by atoms with Crippen LogP contribution in [0.5, 0.6) is 5.75 Å². The van der Waals surface area contributed by atoms with Crippen molar-refractivity contribution in [3.8, 4) is 5.75 Å². The van der Waals surface area contributed by atoms with E-state index in [4.69, 9.17) is 4.74 Å². The van der Waals surface area contributed by atoms with Gasteiger partial charge in [-0.05, 0) is 25.0 Å². The number of aliphatic hydroxyl groups excluding tert-OH is 1. The van der Waals surface area contributed by atoms with Crippen molar-refractivity contribution >= 4 is 32.7 Å². The largest absolute Gasteiger partial charge is 0.494 e. The van der Waals surface area contributed by atoms with Crippen molar-refractivity contribution in [1.29, 1.82) is 0 Å². The minimum absolute atomic E-state index is 0.167. The van der Waals surface area contributed by atoms with E-state index < -0.39 is 0 Å². The second-order valence-corrected chi connectivity index (χ2v) is 6.01. The first-order valence-electron chi connectivity index (χ1n) is 6.85. The van der Waals surface area contributed by atoms with E-state index in [1.165, 1.54) is 11.3 Å². The van der Waals surface area contributed by atoms with Crippen molar-refractivity contribution < 1.29 is 14.6 Å². The van der Waals surface area contributed by atoms with Gasteiger partial charge in [0.1, 0.15) is 11.3 Å². The van der Waals surface area contributed by atoms with Gasteiger partial charge in [0.2, 0.25) is 0 Å². The number of hydrogen-bond donors (Lipinski definition) is 2. The summed E-state index contributed by atoms with van der Waals surface area (Å²) >= 11 is 1.42. The minimum Gasteiger partial charge on any atom is -0.494 e. The molecular weight excluding hydrogens is 290 g/mol. The Balaban J connectivity index is 1.74. The zero-order valence-electron chi connectivity index (χ0n) is 11.7. The van der Waals surface area contributed by atoms with Crippen molar-refractivity contribution in [2.45, 2.75) is 18.9 Å². The van der Waals surface area contributed by atoms with Crippen molar-refractivity contribution in [1.82, 2.24) is 9.88 Å². The van der Waals surface area contributed by atoms with Crippen LogP contribution in [-0.4, -0.2) is 47.3 Å². The molecule has 7 heteroatoms. The lowest BCUT2D eigenvalue weighted by atomic mass is 10.1. The molecule has 112 valence electrons. The number of fused-ring (bicyclic) bond motifs is 1. The van der Waals surface area contributed by atoms with Gasteiger partial charge in [-0.1, -0.05) is 17.4 Å². The van der Waals surface area contributed by atoms with Gasteiger partial charge in [0.05, 0.1) is 17.9 Å². The summed E-state index contributed by atoms with van der Waals surface area (Å²) in [5.74, 6) is 0.699. The zero-order valence-corrected chi connectivity index (χ0v) is 12.5. The molecule has 0 saturated carbocycles. The van der Waals surface area contributed by atoms with Crippen LogP contribution in [0, 0.1) is 0 Å². The van der Waals surface area contributed by atoms with Gasteiger partial charge in [-0.15, -0.1) is 0 Å². The molecule has 2 aromatic rings. The summed E-state index contributed by atoms with van der Waals surface area (Å²) in [7, 11) is 1.60. The highest BCUT2D eigenvalue weighted by Crippen LogP contribution is 2.32. The zero-order chi connectivity index (χ0) is 14.8. The third-order valence-electron chi connectivity index (χ3n) is 3.57. The quantitative estimate of drug-likeness (QED) is 0.892. The number of benzene rings is 1. The fourth-order valence-corrected chi connectivity index (χ4v) is 3.25. The molecule has 1 aromatic carbocycles. The maximum absolute atomic E-state index is 12.2. The second kappa shape index (κ2) is 5.87. The number of likely N-dealkylation sites (tertiary alicyclic amines) is 1. The number of anilines is 1. The maximum atomic E-state index is 12.2. The van der Waals surface area contributed by atoms with E-state index in [0.717, 1.165) is 10.2 Å². The van der Waals surface area contributed by atoms with Crippen molar-refractivity contribution in [2.75, 3.05) is 25.5 Å². The normalized spacial score (nSPS) is 16.2. The first-order chi connectivity index (χ1) is 10.2. The summed E-state index contributed by atoms with van der Waals surface area (Å²) in [6, 6.07) is 5.53. The smallest absolute Gasteiger partial charge is 0.323 e. The highest BCUT2D eigenvalue weighted by Gasteiger charge is 2.22. The molecule has 2 heterocycles. The number of rotatable bonds is 2. The van der Waals surface area contributed by atoms with Crippen molar-refractivity contribution in [2.24, 2.45) is 0 Å². The van der Waals surface area contributed by atoms with Crippen LogP contribution in [0.25, 0.3) is 10.2 Å². The molecule has 2 amide bonds. The first-order valence-corrected chi connectivity index (χ1v) is 7.66. The van der Waals surface area contributed by atoms with E-state index in [0.29, 0.717) is 36.8 Å². The maximum Gasteiger partial charge on any atom is 0.323 e. The molecular formula is C14H17N3O3S. The predicted molar refractivity (Wildman–Crippen MR) is 82.0 cm³/mol. The fourth-order valence-electron chi connectivity index (χ4n) is 2.38. The second-order valence-electron chi connectivity index (χ2n) is 4.97. The van der Waals surface area contributed by atoms with Gasteiger partial charge in [0.15, 0.2) is 5.13 Å². The van der Waals surface area contributed by atoms with Gasteiger partial charge >= 0.3 is 6.03 Å². The molecule has 0 spiro atoms. The highest BCUT2D eigenvalue weighted by molar-refractivity contribution is 7.22. The van der Waals surface area contributed by atoms with E-state index in [2.05, 4.69) is 10.3 Å². The van der Waals surface area contributed by atoms with Crippen LogP contribution in [0.2, 0.25) is 0 Å². The Morgan fingerprint density at radius 1 is 1.48 bits per heavy atom. The Morgan fingerprint density at radius 2 is 2.24 bits per heavy atom.